The molecule has 2 aliphatic rings. The van der Waals surface area contributed by atoms with Gasteiger partial charge >= 0.3 is 0 Å². The molecule has 0 bridgehead atoms. The SMILES string of the molecule is CCO[C@@H]1C[C@H](N(C)C(=O)c2ccc3c(=O)[nH]c(=S)[nH]c3c2)C12CCC2. The number of carbonyl (C=O) groups is 1. The van der Waals surface area contributed by atoms with Gasteiger partial charge in [0.15, 0.2) is 4.77 Å². The lowest BCUT2D eigenvalue weighted by Gasteiger charge is -2.63. The Hall–Kier alpha value is -1.99. The van der Waals surface area contributed by atoms with Crippen molar-refractivity contribution in [3.8, 4) is 0 Å². The van der Waals surface area contributed by atoms with E-state index < -0.39 is 0 Å². The second-order valence-corrected chi connectivity index (χ2v) is 7.78. The molecule has 2 atom stereocenters. The lowest BCUT2D eigenvalue weighted by Crippen LogP contribution is -2.67. The lowest BCUT2D eigenvalue weighted by molar-refractivity contribution is -0.192. The van der Waals surface area contributed by atoms with Gasteiger partial charge in [0, 0.05) is 30.7 Å². The molecular weight excluding hydrogens is 350 g/mol. The highest BCUT2D eigenvalue weighted by molar-refractivity contribution is 7.71. The third-order valence-electron chi connectivity index (χ3n) is 6.17. The van der Waals surface area contributed by atoms with E-state index in [2.05, 4.69) is 9.97 Å². The normalized spacial score (nSPS) is 23.5. The molecule has 1 amide bonds. The third kappa shape index (κ3) is 2.53. The zero-order valence-corrected chi connectivity index (χ0v) is 15.8. The number of benzene rings is 1. The maximum Gasteiger partial charge on any atom is 0.259 e. The molecule has 2 aliphatic carbocycles. The minimum atomic E-state index is -0.247. The molecule has 2 aromatic rings. The fourth-order valence-corrected chi connectivity index (χ4v) is 4.80. The maximum atomic E-state index is 13.0. The van der Waals surface area contributed by atoms with E-state index in [9.17, 15) is 9.59 Å². The first-order valence-electron chi connectivity index (χ1n) is 9.11. The van der Waals surface area contributed by atoms with Crippen molar-refractivity contribution in [3.05, 3.63) is 38.9 Å². The smallest absolute Gasteiger partial charge is 0.259 e. The van der Waals surface area contributed by atoms with Gasteiger partial charge in [-0.1, -0.05) is 6.42 Å². The molecule has 1 heterocycles. The monoisotopic (exact) mass is 373 g/mol. The van der Waals surface area contributed by atoms with Crippen LogP contribution < -0.4 is 5.56 Å². The van der Waals surface area contributed by atoms with E-state index in [0.717, 1.165) is 25.9 Å². The summed E-state index contributed by atoms with van der Waals surface area (Å²) in [4.78, 5) is 32.4. The molecule has 6 nitrogen and oxygen atoms in total. The Kier molecular flexibility index (Phi) is 4.23. The van der Waals surface area contributed by atoms with Gasteiger partial charge in [-0.2, -0.15) is 0 Å². The van der Waals surface area contributed by atoms with E-state index in [1.807, 2.05) is 18.9 Å². The number of nitrogens with zero attached hydrogens (tertiary/aromatic N) is 1. The van der Waals surface area contributed by atoms with Gasteiger partial charge in [0.05, 0.1) is 17.0 Å². The van der Waals surface area contributed by atoms with Gasteiger partial charge in [-0.05, 0) is 56.6 Å². The topological polar surface area (TPSA) is 78.2 Å². The summed E-state index contributed by atoms with van der Waals surface area (Å²) in [5.74, 6) is -0.0299. The molecule has 0 radical (unpaired) electrons. The van der Waals surface area contributed by atoms with Crippen LogP contribution in [0.2, 0.25) is 0 Å². The van der Waals surface area contributed by atoms with Crippen LogP contribution in [0.5, 0.6) is 0 Å². The highest BCUT2D eigenvalue weighted by Crippen LogP contribution is 2.59. The number of ether oxygens (including phenoxy) is 1. The molecule has 0 unspecified atom stereocenters. The number of rotatable bonds is 4. The summed E-state index contributed by atoms with van der Waals surface area (Å²) >= 11 is 5.03. The van der Waals surface area contributed by atoms with Gasteiger partial charge in [0.1, 0.15) is 0 Å². The molecular formula is C19H23N3O3S. The van der Waals surface area contributed by atoms with Crippen LogP contribution in [0.3, 0.4) is 0 Å². The van der Waals surface area contributed by atoms with Crippen molar-refractivity contribution < 1.29 is 9.53 Å². The van der Waals surface area contributed by atoms with Crippen LogP contribution >= 0.6 is 12.2 Å². The van der Waals surface area contributed by atoms with E-state index in [-0.39, 0.29) is 33.8 Å². The molecule has 2 fully saturated rings. The summed E-state index contributed by atoms with van der Waals surface area (Å²) in [6.45, 7) is 2.74. The molecule has 1 aromatic carbocycles. The second-order valence-electron chi connectivity index (χ2n) is 7.37. The summed E-state index contributed by atoms with van der Waals surface area (Å²) in [7, 11) is 1.87. The number of fused-ring (bicyclic) bond motifs is 1. The molecule has 0 aliphatic heterocycles. The van der Waals surface area contributed by atoms with Crippen LogP contribution in [0, 0.1) is 10.2 Å². The van der Waals surface area contributed by atoms with E-state index in [1.165, 1.54) is 6.42 Å². The zero-order valence-electron chi connectivity index (χ0n) is 15.0. The van der Waals surface area contributed by atoms with Crippen molar-refractivity contribution in [2.75, 3.05) is 13.7 Å². The molecule has 138 valence electrons. The van der Waals surface area contributed by atoms with Gasteiger partial charge in [0.25, 0.3) is 11.5 Å². The summed E-state index contributed by atoms with van der Waals surface area (Å²) in [6.07, 6.45) is 4.62. The van der Waals surface area contributed by atoms with Crippen LogP contribution in [-0.4, -0.2) is 46.6 Å². The average Bonchev–Trinajstić information content (AvgIpc) is 2.55. The molecule has 0 saturated heterocycles. The Morgan fingerprint density at radius 2 is 2.15 bits per heavy atom. The number of aromatic nitrogens is 2. The zero-order chi connectivity index (χ0) is 18.5. The number of nitrogens with one attached hydrogen (secondary N) is 2. The Labute approximate surface area is 156 Å². The van der Waals surface area contributed by atoms with Crippen molar-refractivity contribution >= 4 is 29.0 Å². The summed E-state index contributed by atoms with van der Waals surface area (Å²) in [5.41, 5.74) is 1.03. The second kappa shape index (κ2) is 6.32. The van der Waals surface area contributed by atoms with Crippen molar-refractivity contribution in [1.29, 1.82) is 0 Å². The van der Waals surface area contributed by atoms with Crippen LogP contribution in [-0.2, 0) is 4.74 Å². The lowest BCUT2D eigenvalue weighted by atomic mass is 9.50. The van der Waals surface area contributed by atoms with E-state index in [4.69, 9.17) is 17.0 Å². The van der Waals surface area contributed by atoms with Crippen LogP contribution in [0.1, 0.15) is 43.0 Å². The Morgan fingerprint density at radius 1 is 1.38 bits per heavy atom. The highest BCUT2D eigenvalue weighted by atomic mass is 32.1. The minimum absolute atomic E-state index is 0.0299. The predicted octanol–water partition coefficient (Wildman–Crippen LogP) is 3.01. The molecule has 1 aromatic heterocycles. The number of amides is 1. The van der Waals surface area contributed by atoms with Gasteiger partial charge in [-0.25, -0.2) is 0 Å². The molecule has 4 rings (SSSR count). The fraction of sp³-hybridized carbons (Fsp3) is 0.526. The summed E-state index contributed by atoms with van der Waals surface area (Å²) in [5, 5.41) is 0.494. The first kappa shape index (κ1) is 17.4. The van der Waals surface area contributed by atoms with Crippen molar-refractivity contribution in [2.24, 2.45) is 5.41 Å². The molecule has 2 N–H and O–H groups in total. The predicted molar refractivity (Wildman–Crippen MR) is 102 cm³/mol. The van der Waals surface area contributed by atoms with Crippen molar-refractivity contribution in [2.45, 2.75) is 44.8 Å². The van der Waals surface area contributed by atoms with E-state index in [1.54, 1.807) is 18.2 Å². The van der Waals surface area contributed by atoms with Crippen LogP contribution in [0.15, 0.2) is 23.0 Å². The highest BCUT2D eigenvalue weighted by Gasteiger charge is 2.60. The number of hydrogen-bond donors (Lipinski definition) is 2. The number of aromatic amines is 2. The largest absolute Gasteiger partial charge is 0.378 e. The van der Waals surface area contributed by atoms with Gasteiger partial charge in [-0.3, -0.25) is 14.6 Å². The third-order valence-corrected chi connectivity index (χ3v) is 6.37. The van der Waals surface area contributed by atoms with Gasteiger partial charge in [0.2, 0.25) is 0 Å². The number of carbonyl (C=O) groups excluding carboxylic acids is 1. The van der Waals surface area contributed by atoms with Crippen molar-refractivity contribution in [1.82, 2.24) is 14.9 Å². The molecule has 2 saturated carbocycles. The van der Waals surface area contributed by atoms with Gasteiger partial charge < -0.3 is 14.6 Å². The molecule has 26 heavy (non-hydrogen) atoms. The summed E-state index contributed by atoms with van der Waals surface area (Å²) in [6, 6.07) is 5.31. The number of hydrogen-bond acceptors (Lipinski definition) is 4. The first-order chi connectivity index (χ1) is 12.5. The molecule has 1 spiro atoms. The Morgan fingerprint density at radius 3 is 2.81 bits per heavy atom. The number of H-pyrrole nitrogens is 2. The standard InChI is InChI=1S/C19H23N3O3S/c1-3-25-15-10-14(19(15)7-4-8-19)22(2)17(24)11-5-6-12-13(9-11)20-18(26)21-16(12)23/h5-6,9,14-15H,3-4,7-8,10H2,1-2H3,(H2,20,21,23,26)/t14-,15+/m0/s1. The van der Waals surface area contributed by atoms with E-state index >= 15 is 0 Å². The van der Waals surface area contributed by atoms with E-state index in [0.29, 0.717) is 16.5 Å². The fourth-order valence-electron chi connectivity index (χ4n) is 4.59. The van der Waals surface area contributed by atoms with Crippen LogP contribution in [0.25, 0.3) is 10.9 Å². The van der Waals surface area contributed by atoms with Gasteiger partial charge in [-0.15, -0.1) is 0 Å². The quantitative estimate of drug-likeness (QED) is 0.808. The Balaban J connectivity index is 1.61. The maximum absolute atomic E-state index is 13.0. The average molecular weight is 373 g/mol. The minimum Gasteiger partial charge on any atom is -0.378 e. The Bertz CT molecular complexity index is 976. The molecule has 7 heteroatoms. The summed E-state index contributed by atoms with van der Waals surface area (Å²) < 4.78 is 6.15. The van der Waals surface area contributed by atoms with Crippen molar-refractivity contribution in [3.63, 3.8) is 0 Å². The first-order valence-corrected chi connectivity index (χ1v) is 9.52. The van der Waals surface area contributed by atoms with Crippen LogP contribution in [0.4, 0.5) is 0 Å².